The van der Waals surface area contributed by atoms with E-state index in [1.54, 1.807) is 6.07 Å². The highest BCUT2D eigenvalue weighted by Crippen LogP contribution is 2.22. The van der Waals surface area contributed by atoms with Crippen molar-refractivity contribution in [3.05, 3.63) is 36.0 Å². The Hall–Kier alpha value is -2.63. The maximum Gasteiger partial charge on any atom is 0.354 e. The lowest BCUT2D eigenvalue weighted by molar-refractivity contribution is -0.130. The van der Waals surface area contributed by atoms with Gasteiger partial charge in [-0.25, -0.2) is 9.78 Å². The Kier molecular flexibility index (Phi) is 3.66. The van der Waals surface area contributed by atoms with Gasteiger partial charge in [0, 0.05) is 30.7 Å². The summed E-state index contributed by atoms with van der Waals surface area (Å²) >= 11 is 0. The third kappa shape index (κ3) is 2.59. The molecule has 1 aliphatic rings. The molecule has 0 unspecified atom stereocenters. The Labute approximate surface area is 128 Å². The molecule has 22 heavy (non-hydrogen) atoms. The first-order valence-corrected chi connectivity index (χ1v) is 7.25. The average molecular weight is 299 g/mol. The Balaban J connectivity index is 1.91. The summed E-state index contributed by atoms with van der Waals surface area (Å²) in [6, 6.07) is 8.93. The molecule has 2 aromatic rings. The molecule has 0 radical (unpaired) electrons. The smallest absolute Gasteiger partial charge is 0.354 e. The van der Waals surface area contributed by atoms with E-state index in [2.05, 4.69) is 4.98 Å². The van der Waals surface area contributed by atoms with Crippen molar-refractivity contribution in [3.63, 3.8) is 0 Å². The SMILES string of the molecule is CCN1CCN(c2ccc3ccc(C(=O)O)nc3c2)CC1=O. The molecule has 1 aromatic carbocycles. The van der Waals surface area contributed by atoms with E-state index in [4.69, 9.17) is 5.11 Å². The number of amides is 1. The molecular formula is C16H17N3O3. The lowest BCUT2D eigenvalue weighted by Crippen LogP contribution is -2.50. The van der Waals surface area contributed by atoms with Gasteiger partial charge in [0.2, 0.25) is 5.91 Å². The van der Waals surface area contributed by atoms with Crippen molar-refractivity contribution in [3.8, 4) is 0 Å². The van der Waals surface area contributed by atoms with Crippen LogP contribution in [0.5, 0.6) is 0 Å². The number of rotatable bonds is 3. The van der Waals surface area contributed by atoms with E-state index in [9.17, 15) is 9.59 Å². The van der Waals surface area contributed by atoms with Crippen LogP contribution < -0.4 is 4.90 Å². The highest BCUT2D eigenvalue weighted by atomic mass is 16.4. The molecular weight excluding hydrogens is 282 g/mol. The summed E-state index contributed by atoms with van der Waals surface area (Å²) in [5.74, 6) is -0.930. The molecule has 0 bridgehead atoms. The van der Waals surface area contributed by atoms with Crippen LogP contribution in [0, 0.1) is 0 Å². The molecule has 1 aliphatic heterocycles. The van der Waals surface area contributed by atoms with Crippen LogP contribution in [0.3, 0.4) is 0 Å². The van der Waals surface area contributed by atoms with E-state index in [1.807, 2.05) is 34.9 Å². The highest BCUT2D eigenvalue weighted by Gasteiger charge is 2.23. The number of anilines is 1. The van der Waals surface area contributed by atoms with Crippen LogP contribution in [0.15, 0.2) is 30.3 Å². The average Bonchev–Trinajstić information content (AvgIpc) is 2.53. The van der Waals surface area contributed by atoms with Gasteiger partial charge in [-0.3, -0.25) is 4.79 Å². The summed E-state index contributed by atoms with van der Waals surface area (Å²) in [4.78, 5) is 31.0. The first kappa shape index (κ1) is 14.3. The van der Waals surface area contributed by atoms with Crippen LogP contribution in [-0.4, -0.2) is 53.0 Å². The number of nitrogens with zero attached hydrogens (tertiary/aromatic N) is 3. The van der Waals surface area contributed by atoms with Crippen LogP contribution in [0.2, 0.25) is 0 Å². The first-order valence-electron chi connectivity index (χ1n) is 7.25. The van der Waals surface area contributed by atoms with E-state index in [-0.39, 0.29) is 11.6 Å². The van der Waals surface area contributed by atoms with Gasteiger partial charge in [-0.1, -0.05) is 12.1 Å². The Bertz CT molecular complexity index is 744. The number of piperazine rings is 1. The number of carboxylic acid groups (broad SMARTS) is 1. The van der Waals surface area contributed by atoms with Gasteiger partial charge in [0.15, 0.2) is 0 Å². The Morgan fingerprint density at radius 1 is 1.27 bits per heavy atom. The zero-order valence-corrected chi connectivity index (χ0v) is 12.3. The number of hydrogen-bond donors (Lipinski definition) is 1. The second-order valence-electron chi connectivity index (χ2n) is 5.27. The highest BCUT2D eigenvalue weighted by molar-refractivity contribution is 5.91. The molecule has 0 aliphatic carbocycles. The van der Waals surface area contributed by atoms with Crippen LogP contribution in [0.25, 0.3) is 10.9 Å². The standard InChI is InChI=1S/C16H17N3O3/c1-2-18-7-8-19(10-15(18)20)12-5-3-11-4-6-13(16(21)22)17-14(11)9-12/h3-6,9H,2,7-8,10H2,1H3,(H,21,22). The quantitative estimate of drug-likeness (QED) is 0.932. The van der Waals surface area contributed by atoms with E-state index in [0.717, 1.165) is 24.2 Å². The molecule has 6 nitrogen and oxygen atoms in total. The van der Waals surface area contributed by atoms with Crippen molar-refractivity contribution in [1.29, 1.82) is 0 Å². The predicted molar refractivity (Wildman–Crippen MR) is 83.2 cm³/mol. The molecule has 1 amide bonds. The number of hydrogen-bond acceptors (Lipinski definition) is 4. The van der Waals surface area contributed by atoms with E-state index >= 15 is 0 Å². The van der Waals surface area contributed by atoms with Crippen molar-refractivity contribution < 1.29 is 14.7 Å². The summed E-state index contributed by atoms with van der Waals surface area (Å²) < 4.78 is 0. The number of carbonyl (C=O) groups excluding carboxylic acids is 1. The summed E-state index contributed by atoms with van der Waals surface area (Å²) in [6.07, 6.45) is 0. The topological polar surface area (TPSA) is 73.7 Å². The number of likely N-dealkylation sites (N-methyl/N-ethyl adjacent to an activating group) is 1. The Morgan fingerprint density at radius 3 is 2.73 bits per heavy atom. The molecule has 1 aromatic heterocycles. The van der Waals surface area contributed by atoms with E-state index in [0.29, 0.717) is 18.6 Å². The third-order valence-electron chi connectivity index (χ3n) is 3.96. The minimum atomic E-state index is -1.04. The maximum atomic E-state index is 12.0. The molecule has 1 saturated heterocycles. The third-order valence-corrected chi connectivity index (χ3v) is 3.96. The van der Waals surface area contributed by atoms with Crippen LogP contribution in [-0.2, 0) is 4.79 Å². The number of aromatic nitrogens is 1. The molecule has 0 spiro atoms. The molecule has 3 rings (SSSR count). The van der Waals surface area contributed by atoms with Crippen molar-refractivity contribution in [2.45, 2.75) is 6.92 Å². The minimum Gasteiger partial charge on any atom is -0.477 e. The lowest BCUT2D eigenvalue weighted by Gasteiger charge is -2.35. The second-order valence-corrected chi connectivity index (χ2v) is 5.27. The molecule has 0 saturated carbocycles. The van der Waals surface area contributed by atoms with Crippen molar-refractivity contribution in [2.24, 2.45) is 0 Å². The summed E-state index contributed by atoms with van der Waals surface area (Å²) in [7, 11) is 0. The minimum absolute atomic E-state index is 0.0246. The van der Waals surface area contributed by atoms with Gasteiger partial charge in [-0.2, -0.15) is 0 Å². The predicted octanol–water partition coefficient (Wildman–Crippen LogP) is 1.60. The van der Waals surface area contributed by atoms with Gasteiger partial charge >= 0.3 is 5.97 Å². The molecule has 1 fully saturated rings. The first-order chi connectivity index (χ1) is 10.6. The van der Waals surface area contributed by atoms with Gasteiger partial charge in [-0.05, 0) is 25.1 Å². The number of pyridine rings is 1. The fourth-order valence-corrected chi connectivity index (χ4v) is 2.68. The Morgan fingerprint density at radius 2 is 2.05 bits per heavy atom. The molecule has 114 valence electrons. The molecule has 1 N–H and O–H groups in total. The summed E-state index contributed by atoms with van der Waals surface area (Å²) in [5.41, 5.74) is 1.55. The monoisotopic (exact) mass is 299 g/mol. The van der Waals surface area contributed by atoms with Crippen LogP contribution in [0.4, 0.5) is 5.69 Å². The molecule has 0 atom stereocenters. The zero-order valence-electron chi connectivity index (χ0n) is 12.3. The number of carbonyl (C=O) groups is 2. The number of fused-ring (bicyclic) bond motifs is 1. The molecule has 2 heterocycles. The maximum absolute atomic E-state index is 12.0. The van der Waals surface area contributed by atoms with Crippen molar-refractivity contribution in [2.75, 3.05) is 31.1 Å². The largest absolute Gasteiger partial charge is 0.477 e. The molecule has 6 heteroatoms. The van der Waals surface area contributed by atoms with E-state index < -0.39 is 5.97 Å². The number of carboxylic acids is 1. The number of aromatic carboxylic acids is 1. The summed E-state index contributed by atoms with van der Waals surface area (Å²) in [6.45, 7) is 4.52. The lowest BCUT2D eigenvalue weighted by atomic mass is 10.1. The van der Waals surface area contributed by atoms with Crippen LogP contribution >= 0.6 is 0 Å². The fraction of sp³-hybridized carbons (Fsp3) is 0.312. The van der Waals surface area contributed by atoms with Gasteiger partial charge in [-0.15, -0.1) is 0 Å². The van der Waals surface area contributed by atoms with Crippen LogP contribution in [0.1, 0.15) is 17.4 Å². The second kappa shape index (κ2) is 5.63. The van der Waals surface area contributed by atoms with Gasteiger partial charge < -0.3 is 14.9 Å². The normalized spacial score (nSPS) is 15.4. The van der Waals surface area contributed by atoms with Gasteiger partial charge in [0.25, 0.3) is 0 Å². The van der Waals surface area contributed by atoms with Gasteiger partial charge in [0.05, 0.1) is 12.1 Å². The fourth-order valence-electron chi connectivity index (χ4n) is 2.68. The summed E-state index contributed by atoms with van der Waals surface area (Å²) in [5, 5.41) is 9.91. The van der Waals surface area contributed by atoms with Gasteiger partial charge in [0.1, 0.15) is 5.69 Å². The van der Waals surface area contributed by atoms with E-state index in [1.165, 1.54) is 6.07 Å². The zero-order chi connectivity index (χ0) is 15.7. The van der Waals surface area contributed by atoms with Crippen molar-refractivity contribution >= 4 is 28.5 Å². The number of benzene rings is 1. The van der Waals surface area contributed by atoms with Crippen molar-refractivity contribution in [1.82, 2.24) is 9.88 Å².